The van der Waals surface area contributed by atoms with Gasteiger partial charge in [0.25, 0.3) is 0 Å². The van der Waals surface area contributed by atoms with Crippen LogP contribution < -0.4 is 9.80 Å². The molecule has 0 atom stereocenters. The molecule has 0 saturated carbocycles. The van der Waals surface area contributed by atoms with Gasteiger partial charge in [-0.05, 0) is 11.6 Å². The van der Waals surface area contributed by atoms with E-state index in [9.17, 15) is 0 Å². The largest absolute Gasteiger partial charge is 0.347 e. The van der Waals surface area contributed by atoms with E-state index < -0.39 is 0 Å². The van der Waals surface area contributed by atoms with Crippen molar-refractivity contribution in [3.8, 4) is 0 Å². The Labute approximate surface area is 115 Å². The number of fused-ring (bicyclic) bond motifs is 1. The van der Waals surface area contributed by atoms with Crippen molar-refractivity contribution in [1.29, 1.82) is 0 Å². The fourth-order valence-corrected chi connectivity index (χ4v) is 2.17. The number of halogens is 1. The molecule has 1 aliphatic rings. The third-order valence-electron chi connectivity index (χ3n) is 3.01. The summed E-state index contributed by atoms with van der Waals surface area (Å²) in [6, 6.07) is 0. The molecule has 1 aliphatic heterocycles. The molecule has 0 spiro atoms. The van der Waals surface area contributed by atoms with Crippen molar-refractivity contribution in [2.24, 2.45) is 0 Å². The number of rotatable bonds is 2. The van der Waals surface area contributed by atoms with Gasteiger partial charge in [-0.3, -0.25) is 0 Å². The molecule has 19 heavy (non-hydrogen) atoms. The van der Waals surface area contributed by atoms with E-state index in [1.807, 2.05) is 31.4 Å². The van der Waals surface area contributed by atoms with Crippen molar-refractivity contribution < 1.29 is 0 Å². The zero-order valence-electron chi connectivity index (χ0n) is 10.8. The quantitative estimate of drug-likeness (QED) is 0.811. The summed E-state index contributed by atoms with van der Waals surface area (Å²) < 4.78 is 2.13. The first-order chi connectivity index (χ1) is 9.13. The van der Waals surface area contributed by atoms with E-state index in [0.717, 1.165) is 18.9 Å². The number of anilines is 2. The van der Waals surface area contributed by atoms with Crippen LogP contribution in [0.1, 0.15) is 5.82 Å². The molecule has 8 heteroatoms. The lowest BCUT2D eigenvalue weighted by Crippen LogP contribution is -2.35. The van der Waals surface area contributed by atoms with Crippen LogP contribution in [0.3, 0.4) is 0 Å². The predicted octanol–water partition coefficient (Wildman–Crippen LogP) is 0.808. The maximum atomic E-state index is 5.96. The fraction of sp³-hybridized carbons (Fsp3) is 0.455. The van der Waals surface area contributed by atoms with Gasteiger partial charge in [0.2, 0.25) is 17.2 Å². The van der Waals surface area contributed by atoms with Crippen molar-refractivity contribution in [3.63, 3.8) is 0 Å². The highest BCUT2D eigenvalue weighted by Gasteiger charge is 2.20. The van der Waals surface area contributed by atoms with Crippen LogP contribution in [0.2, 0.25) is 5.28 Å². The van der Waals surface area contributed by atoms with Crippen LogP contribution in [-0.4, -0.2) is 45.1 Å². The van der Waals surface area contributed by atoms with Crippen molar-refractivity contribution >= 4 is 23.5 Å². The SMILES string of the molecule is CN(C)c1nc(Cl)nc(N2CCn3ccnc3C2)n1. The Balaban J connectivity index is 1.91. The first kappa shape index (κ1) is 12.2. The smallest absolute Gasteiger partial charge is 0.231 e. The van der Waals surface area contributed by atoms with Gasteiger partial charge in [0, 0.05) is 39.6 Å². The maximum absolute atomic E-state index is 5.96. The van der Waals surface area contributed by atoms with E-state index in [2.05, 4.69) is 29.4 Å². The molecule has 3 heterocycles. The summed E-state index contributed by atoms with van der Waals surface area (Å²) >= 11 is 5.96. The topological polar surface area (TPSA) is 63.0 Å². The summed E-state index contributed by atoms with van der Waals surface area (Å²) in [5.41, 5.74) is 0. The second-order valence-corrected chi connectivity index (χ2v) is 4.90. The Bertz CT molecular complexity index is 594. The minimum Gasteiger partial charge on any atom is -0.347 e. The number of hydrogen-bond acceptors (Lipinski definition) is 6. The molecule has 3 rings (SSSR count). The molecular formula is C11H14ClN7. The summed E-state index contributed by atoms with van der Waals surface area (Å²) in [5.74, 6) is 2.16. The Hall–Kier alpha value is -1.89. The molecule has 0 amide bonds. The summed E-state index contributed by atoms with van der Waals surface area (Å²) in [6.07, 6.45) is 3.79. The van der Waals surface area contributed by atoms with Gasteiger partial charge in [-0.15, -0.1) is 0 Å². The molecule has 2 aromatic rings. The molecule has 0 saturated heterocycles. The van der Waals surface area contributed by atoms with Gasteiger partial charge in [0.15, 0.2) is 0 Å². The van der Waals surface area contributed by atoms with Gasteiger partial charge in [0.05, 0.1) is 6.54 Å². The Morgan fingerprint density at radius 2 is 2.05 bits per heavy atom. The van der Waals surface area contributed by atoms with E-state index in [4.69, 9.17) is 11.6 Å². The lowest BCUT2D eigenvalue weighted by molar-refractivity contribution is 0.550. The first-order valence-electron chi connectivity index (χ1n) is 5.97. The molecule has 0 radical (unpaired) electrons. The highest BCUT2D eigenvalue weighted by molar-refractivity contribution is 6.28. The Morgan fingerprint density at radius 1 is 1.21 bits per heavy atom. The third kappa shape index (κ3) is 2.33. The van der Waals surface area contributed by atoms with Gasteiger partial charge >= 0.3 is 0 Å². The fourth-order valence-electron chi connectivity index (χ4n) is 2.02. The molecule has 2 aromatic heterocycles. The number of nitrogens with zero attached hydrogens (tertiary/aromatic N) is 7. The van der Waals surface area contributed by atoms with Crippen molar-refractivity contribution in [3.05, 3.63) is 23.5 Å². The van der Waals surface area contributed by atoms with Gasteiger partial charge in [-0.25, -0.2) is 4.98 Å². The molecule has 0 aromatic carbocycles. The van der Waals surface area contributed by atoms with Crippen LogP contribution >= 0.6 is 11.6 Å². The standard InChI is InChI=1S/C11H14ClN7/c1-17(2)10-14-9(12)15-11(16-10)19-6-5-18-4-3-13-8(18)7-19/h3-4H,5-7H2,1-2H3. The molecule has 0 bridgehead atoms. The molecule has 0 aliphatic carbocycles. The van der Waals surface area contributed by atoms with Gasteiger partial charge in [0.1, 0.15) is 5.82 Å². The summed E-state index contributed by atoms with van der Waals surface area (Å²) in [7, 11) is 3.75. The molecule has 7 nitrogen and oxygen atoms in total. The van der Waals surface area contributed by atoms with Crippen molar-refractivity contribution in [2.75, 3.05) is 30.4 Å². The zero-order chi connectivity index (χ0) is 13.4. The van der Waals surface area contributed by atoms with E-state index in [0.29, 0.717) is 18.4 Å². The molecular weight excluding hydrogens is 266 g/mol. The van der Waals surface area contributed by atoms with Crippen LogP contribution in [0.25, 0.3) is 0 Å². The Morgan fingerprint density at radius 3 is 2.84 bits per heavy atom. The molecule has 0 unspecified atom stereocenters. The average molecular weight is 280 g/mol. The van der Waals surface area contributed by atoms with Crippen molar-refractivity contribution in [2.45, 2.75) is 13.1 Å². The lowest BCUT2D eigenvalue weighted by atomic mass is 10.4. The second-order valence-electron chi connectivity index (χ2n) is 4.56. The number of imidazole rings is 1. The Kier molecular flexibility index (Phi) is 2.98. The molecule has 0 N–H and O–H groups in total. The minimum atomic E-state index is 0.211. The summed E-state index contributed by atoms with van der Waals surface area (Å²) in [4.78, 5) is 20.9. The van der Waals surface area contributed by atoms with Gasteiger partial charge in [-0.2, -0.15) is 15.0 Å². The zero-order valence-corrected chi connectivity index (χ0v) is 11.5. The summed E-state index contributed by atoms with van der Waals surface area (Å²) in [6.45, 7) is 2.38. The van der Waals surface area contributed by atoms with Gasteiger partial charge < -0.3 is 14.4 Å². The van der Waals surface area contributed by atoms with Crippen LogP contribution in [-0.2, 0) is 13.1 Å². The first-order valence-corrected chi connectivity index (χ1v) is 6.35. The predicted molar refractivity (Wildman–Crippen MR) is 72.4 cm³/mol. The average Bonchev–Trinajstić information content (AvgIpc) is 2.85. The highest BCUT2D eigenvalue weighted by atomic mass is 35.5. The normalized spacial score (nSPS) is 14.4. The van der Waals surface area contributed by atoms with Crippen LogP contribution in [0.15, 0.2) is 12.4 Å². The second kappa shape index (κ2) is 4.65. The lowest BCUT2D eigenvalue weighted by Gasteiger charge is -2.28. The monoisotopic (exact) mass is 279 g/mol. The maximum Gasteiger partial charge on any atom is 0.231 e. The summed E-state index contributed by atoms with van der Waals surface area (Å²) in [5, 5.41) is 0.211. The third-order valence-corrected chi connectivity index (χ3v) is 3.18. The highest BCUT2D eigenvalue weighted by Crippen LogP contribution is 2.19. The molecule has 100 valence electrons. The van der Waals surface area contributed by atoms with E-state index in [-0.39, 0.29) is 5.28 Å². The van der Waals surface area contributed by atoms with E-state index >= 15 is 0 Å². The minimum absolute atomic E-state index is 0.211. The van der Waals surface area contributed by atoms with Gasteiger partial charge in [-0.1, -0.05) is 0 Å². The van der Waals surface area contributed by atoms with E-state index in [1.165, 1.54) is 0 Å². The van der Waals surface area contributed by atoms with E-state index in [1.54, 1.807) is 0 Å². The van der Waals surface area contributed by atoms with Crippen LogP contribution in [0.4, 0.5) is 11.9 Å². The number of aromatic nitrogens is 5. The van der Waals surface area contributed by atoms with Crippen molar-refractivity contribution in [1.82, 2.24) is 24.5 Å². The number of hydrogen-bond donors (Lipinski definition) is 0. The van der Waals surface area contributed by atoms with Crippen LogP contribution in [0.5, 0.6) is 0 Å². The van der Waals surface area contributed by atoms with Crippen LogP contribution in [0, 0.1) is 0 Å². The molecule has 0 fully saturated rings.